The Balaban J connectivity index is 4.49. The van der Waals surface area contributed by atoms with Crippen molar-refractivity contribution >= 4 is 35.5 Å². The first-order chi connectivity index (χ1) is 11.3. The van der Waals surface area contributed by atoms with E-state index in [1.165, 1.54) is 11.8 Å². The van der Waals surface area contributed by atoms with Crippen molar-refractivity contribution in [1.82, 2.24) is 10.6 Å². The number of carbonyl (C=O) groups excluding carboxylic acids is 2. The van der Waals surface area contributed by atoms with Crippen molar-refractivity contribution in [3.8, 4) is 0 Å². The molecule has 0 radical (unpaired) electrons. The van der Waals surface area contributed by atoms with Gasteiger partial charge >= 0.3 is 11.9 Å². The van der Waals surface area contributed by atoms with Gasteiger partial charge in [-0.15, -0.1) is 0 Å². The number of hydrogen-bond donors (Lipinski definition) is 5. The first-order valence-electron chi connectivity index (χ1n) is 7.62. The summed E-state index contributed by atoms with van der Waals surface area (Å²) in [5, 5.41) is 22.0. The number of hydrogen-bond acceptors (Lipinski definition) is 6. The molecule has 0 unspecified atom stereocenters. The molecule has 0 aliphatic heterocycles. The average Bonchev–Trinajstić information content (AvgIpc) is 2.52. The molecule has 0 aromatic rings. The van der Waals surface area contributed by atoms with E-state index in [0.29, 0.717) is 5.75 Å². The van der Waals surface area contributed by atoms with Gasteiger partial charge in [-0.05, 0) is 18.6 Å². The number of carbonyl (C=O) groups is 4. The van der Waals surface area contributed by atoms with Gasteiger partial charge in [-0.25, -0.2) is 0 Å². The predicted octanol–water partition coefficient (Wildman–Crippen LogP) is -0.603. The number of carboxylic acids is 2. The molecule has 0 heterocycles. The monoisotopic (exact) mass is 363 g/mol. The minimum absolute atomic E-state index is 0.0480. The lowest BCUT2D eigenvalue weighted by molar-refractivity contribution is -0.139. The Hall–Kier alpha value is -1.81. The Morgan fingerprint density at radius 3 is 2.42 bits per heavy atom. The highest BCUT2D eigenvalue weighted by atomic mass is 32.2. The average molecular weight is 363 g/mol. The molecule has 0 aromatic heterocycles. The molecular weight excluding hydrogens is 338 g/mol. The maximum Gasteiger partial charge on any atom is 0.322 e. The molecule has 0 bridgehead atoms. The first-order valence-corrected chi connectivity index (χ1v) is 8.78. The van der Waals surface area contributed by atoms with Crippen LogP contribution in [0.3, 0.4) is 0 Å². The third-order valence-corrected chi connectivity index (χ3v) is 4.14. The molecule has 138 valence electrons. The summed E-state index contributed by atoms with van der Waals surface area (Å²) < 4.78 is 0. The number of aliphatic carboxylic acids is 2. The molecule has 0 rings (SSSR count). The zero-order chi connectivity index (χ0) is 18.5. The second kappa shape index (κ2) is 12.6. The highest BCUT2D eigenvalue weighted by molar-refractivity contribution is 7.99. The Morgan fingerprint density at radius 2 is 1.88 bits per heavy atom. The normalized spacial score (nSPS) is 12.9. The van der Waals surface area contributed by atoms with Crippen molar-refractivity contribution in [3.63, 3.8) is 0 Å². The molecule has 24 heavy (non-hydrogen) atoms. The second-order valence-corrected chi connectivity index (χ2v) is 6.29. The fourth-order valence-electron chi connectivity index (χ4n) is 1.59. The molecule has 0 spiro atoms. The molecule has 2 amide bonds. The van der Waals surface area contributed by atoms with Crippen LogP contribution in [-0.2, 0) is 19.2 Å². The van der Waals surface area contributed by atoms with E-state index < -0.39 is 42.4 Å². The number of carboxylic acid groups (broad SMARTS) is 2. The van der Waals surface area contributed by atoms with Gasteiger partial charge in [0.25, 0.3) is 0 Å². The van der Waals surface area contributed by atoms with Crippen LogP contribution in [0.5, 0.6) is 0 Å². The molecule has 10 heteroatoms. The summed E-state index contributed by atoms with van der Waals surface area (Å²) >= 11 is 1.48. The van der Waals surface area contributed by atoms with E-state index in [-0.39, 0.29) is 12.8 Å². The molecule has 0 fully saturated rings. The molecule has 6 N–H and O–H groups in total. The maximum absolute atomic E-state index is 12.0. The van der Waals surface area contributed by atoms with Gasteiger partial charge in [-0.2, -0.15) is 11.8 Å². The van der Waals surface area contributed by atoms with Crippen LogP contribution in [0.1, 0.15) is 32.6 Å². The van der Waals surface area contributed by atoms with Gasteiger partial charge in [0.2, 0.25) is 11.8 Å². The van der Waals surface area contributed by atoms with Gasteiger partial charge in [-0.1, -0.05) is 13.3 Å². The molecule has 0 saturated carbocycles. The van der Waals surface area contributed by atoms with Crippen molar-refractivity contribution in [3.05, 3.63) is 0 Å². The molecule has 0 aliphatic rings. The van der Waals surface area contributed by atoms with Crippen LogP contribution in [0.4, 0.5) is 0 Å². The summed E-state index contributed by atoms with van der Waals surface area (Å²) in [5.74, 6) is -2.34. The van der Waals surface area contributed by atoms with Crippen LogP contribution in [0.2, 0.25) is 0 Å². The predicted molar refractivity (Wildman–Crippen MR) is 89.7 cm³/mol. The Morgan fingerprint density at radius 1 is 1.21 bits per heavy atom. The van der Waals surface area contributed by atoms with Crippen LogP contribution in [0, 0.1) is 0 Å². The second-order valence-electron chi connectivity index (χ2n) is 5.14. The van der Waals surface area contributed by atoms with Crippen molar-refractivity contribution in [1.29, 1.82) is 0 Å². The number of unbranched alkanes of at least 4 members (excludes halogenated alkanes) is 1. The SMILES string of the molecule is CCCCSC[C@H](NC(=O)CC[C@H](N)C(=O)O)C(=O)NCC(=O)O. The number of rotatable bonds is 13. The van der Waals surface area contributed by atoms with Gasteiger partial charge in [0.05, 0.1) is 0 Å². The lowest BCUT2D eigenvalue weighted by atomic mass is 10.1. The third kappa shape index (κ3) is 10.8. The van der Waals surface area contributed by atoms with Gasteiger partial charge in [-0.3, -0.25) is 19.2 Å². The van der Waals surface area contributed by atoms with E-state index >= 15 is 0 Å². The van der Waals surface area contributed by atoms with Gasteiger partial charge in [0.1, 0.15) is 18.6 Å². The highest BCUT2D eigenvalue weighted by Gasteiger charge is 2.22. The third-order valence-electron chi connectivity index (χ3n) is 2.99. The van der Waals surface area contributed by atoms with Crippen LogP contribution < -0.4 is 16.4 Å². The summed E-state index contributed by atoms with van der Waals surface area (Å²) in [6, 6.07) is -2.02. The van der Waals surface area contributed by atoms with Gasteiger partial charge in [0, 0.05) is 12.2 Å². The fourth-order valence-corrected chi connectivity index (χ4v) is 2.72. The van der Waals surface area contributed by atoms with Crippen molar-refractivity contribution in [2.75, 3.05) is 18.1 Å². The first kappa shape index (κ1) is 22.2. The lowest BCUT2D eigenvalue weighted by Crippen LogP contribution is -2.49. The molecular formula is C14H25N3O6S. The topological polar surface area (TPSA) is 159 Å². The smallest absolute Gasteiger partial charge is 0.322 e. The van der Waals surface area contributed by atoms with E-state index in [2.05, 4.69) is 10.6 Å². The summed E-state index contributed by atoms with van der Waals surface area (Å²) in [7, 11) is 0. The zero-order valence-electron chi connectivity index (χ0n) is 13.6. The van der Waals surface area contributed by atoms with E-state index in [4.69, 9.17) is 15.9 Å². The standard InChI is InChI=1S/C14H25N3O6S/c1-2-3-6-24-8-10(13(21)16-7-12(19)20)17-11(18)5-4-9(15)14(22)23/h9-10H,2-8,15H2,1H3,(H,16,21)(H,17,18)(H,19,20)(H,22,23)/t9-,10-/m0/s1. The van der Waals surface area contributed by atoms with E-state index in [0.717, 1.165) is 18.6 Å². The van der Waals surface area contributed by atoms with Crippen LogP contribution in [0.15, 0.2) is 0 Å². The van der Waals surface area contributed by atoms with E-state index in [9.17, 15) is 19.2 Å². The Kier molecular flexibility index (Phi) is 11.6. The van der Waals surface area contributed by atoms with Crippen molar-refractivity contribution < 1.29 is 29.4 Å². The quantitative estimate of drug-likeness (QED) is 0.271. The van der Waals surface area contributed by atoms with E-state index in [1.807, 2.05) is 6.92 Å². The lowest BCUT2D eigenvalue weighted by Gasteiger charge is -2.18. The largest absolute Gasteiger partial charge is 0.480 e. The number of nitrogens with two attached hydrogens (primary N) is 1. The van der Waals surface area contributed by atoms with Crippen LogP contribution in [-0.4, -0.2) is 64.1 Å². The van der Waals surface area contributed by atoms with E-state index in [1.54, 1.807) is 0 Å². The number of thioether (sulfide) groups is 1. The highest BCUT2D eigenvalue weighted by Crippen LogP contribution is 2.07. The molecule has 0 saturated heterocycles. The van der Waals surface area contributed by atoms with Crippen LogP contribution >= 0.6 is 11.8 Å². The number of amides is 2. The Labute approximate surface area is 144 Å². The minimum Gasteiger partial charge on any atom is -0.480 e. The maximum atomic E-state index is 12.0. The fraction of sp³-hybridized carbons (Fsp3) is 0.714. The zero-order valence-corrected chi connectivity index (χ0v) is 14.4. The van der Waals surface area contributed by atoms with Crippen LogP contribution in [0.25, 0.3) is 0 Å². The van der Waals surface area contributed by atoms with Gasteiger partial charge in [0.15, 0.2) is 0 Å². The number of nitrogens with one attached hydrogen (secondary N) is 2. The summed E-state index contributed by atoms with van der Waals surface area (Å²) in [6.45, 7) is 1.50. The molecule has 0 aromatic carbocycles. The summed E-state index contributed by atoms with van der Waals surface area (Å²) in [5.41, 5.74) is 5.32. The molecule has 9 nitrogen and oxygen atoms in total. The van der Waals surface area contributed by atoms with Gasteiger partial charge < -0.3 is 26.6 Å². The Bertz CT molecular complexity index is 446. The molecule has 2 atom stereocenters. The van der Waals surface area contributed by atoms with Crippen molar-refractivity contribution in [2.45, 2.75) is 44.7 Å². The van der Waals surface area contributed by atoms with Crippen molar-refractivity contribution in [2.24, 2.45) is 5.73 Å². The summed E-state index contributed by atoms with van der Waals surface area (Å²) in [4.78, 5) is 44.9. The molecule has 0 aliphatic carbocycles. The minimum atomic E-state index is -1.20. The summed E-state index contributed by atoms with van der Waals surface area (Å²) in [6.07, 6.45) is 1.79.